The largest absolute Gasteiger partial charge is 0.573 e. The van der Waals surface area contributed by atoms with E-state index < -0.39 is 6.36 Å². The number of para-hydroxylation sites is 1. The number of H-pyrrole nitrogens is 1. The zero-order valence-electron chi connectivity index (χ0n) is 14.0. The lowest BCUT2D eigenvalue weighted by Crippen LogP contribution is -2.17. The molecule has 1 aromatic carbocycles. The number of furan rings is 1. The third-order valence-electron chi connectivity index (χ3n) is 3.44. The quantitative estimate of drug-likeness (QED) is 0.541. The normalized spacial score (nSPS) is 12.1. The van der Waals surface area contributed by atoms with E-state index in [9.17, 15) is 13.2 Å². The van der Waals surface area contributed by atoms with Gasteiger partial charge >= 0.3 is 6.36 Å². The molecule has 0 saturated heterocycles. The fourth-order valence-electron chi connectivity index (χ4n) is 2.34. The molecule has 0 aliphatic rings. The van der Waals surface area contributed by atoms with E-state index in [1.165, 1.54) is 18.2 Å². The number of aromatic nitrogens is 2. The maximum atomic E-state index is 12.6. The zero-order valence-corrected chi connectivity index (χ0v) is 14.0. The summed E-state index contributed by atoms with van der Waals surface area (Å²) in [4.78, 5) is 7.33. The first-order valence-electron chi connectivity index (χ1n) is 7.93. The van der Waals surface area contributed by atoms with E-state index in [1.54, 1.807) is 48.7 Å². The minimum Gasteiger partial charge on any atom is -0.453 e. The molecule has 2 aromatic heterocycles. The second-order valence-corrected chi connectivity index (χ2v) is 5.36. The highest BCUT2D eigenvalue weighted by molar-refractivity contribution is 5.68. The van der Waals surface area contributed by atoms with Crippen LogP contribution in [0, 0.1) is 0 Å². The summed E-state index contributed by atoms with van der Waals surface area (Å²) in [5.74, 6) is 0.770. The predicted octanol–water partition coefficient (Wildman–Crippen LogP) is 5.99. The number of nitrogens with zero attached hydrogens (tertiary/aromatic N) is 1. The van der Waals surface area contributed by atoms with Crippen LogP contribution in [-0.2, 0) is 0 Å². The Morgan fingerprint density at radius 1 is 1.04 bits per heavy atom. The van der Waals surface area contributed by atoms with Crippen LogP contribution in [0.2, 0.25) is 0 Å². The lowest BCUT2D eigenvalue weighted by Gasteiger charge is -2.11. The monoisotopic (exact) mass is 372 g/mol. The third kappa shape index (κ3) is 4.78. The van der Waals surface area contributed by atoms with E-state index in [2.05, 4.69) is 21.3 Å². The lowest BCUT2D eigenvalue weighted by atomic mass is 10.1. The summed E-state index contributed by atoms with van der Waals surface area (Å²) < 4.78 is 47.5. The Labute approximate surface area is 153 Å². The van der Waals surface area contributed by atoms with Gasteiger partial charge in [0.2, 0.25) is 0 Å². The first kappa shape index (κ1) is 18.3. The number of alkyl halides is 3. The van der Waals surface area contributed by atoms with Gasteiger partial charge in [-0.3, -0.25) is 0 Å². The van der Waals surface area contributed by atoms with E-state index in [0.29, 0.717) is 17.3 Å². The molecule has 0 bridgehead atoms. The topological polar surface area (TPSA) is 51.0 Å². The summed E-state index contributed by atoms with van der Waals surface area (Å²) in [5, 5.41) is 0. The van der Waals surface area contributed by atoms with Crippen molar-refractivity contribution in [3.63, 3.8) is 0 Å². The molecule has 0 unspecified atom stereocenters. The molecule has 7 heteroatoms. The minimum atomic E-state index is -4.78. The molecule has 2 heterocycles. The fraction of sp³-hybridized carbons (Fsp3) is 0.0500. The van der Waals surface area contributed by atoms with Gasteiger partial charge in [0.05, 0.1) is 11.3 Å². The van der Waals surface area contributed by atoms with Gasteiger partial charge in [-0.15, -0.1) is 13.2 Å². The smallest absolute Gasteiger partial charge is 0.453 e. The molecule has 0 aliphatic carbocycles. The van der Waals surface area contributed by atoms with E-state index in [1.807, 2.05) is 6.08 Å². The van der Waals surface area contributed by atoms with Crippen LogP contribution in [0.4, 0.5) is 13.2 Å². The molecule has 0 radical (unpaired) electrons. The molecular formula is C20H15F3N2O2. The van der Waals surface area contributed by atoms with Crippen molar-refractivity contribution in [3.05, 3.63) is 79.2 Å². The zero-order chi connectivity index (χ0) is 19.3. The van der Waals surface area contributed by atoms with Crippen LogP contribution in [0.15, 0.2) is 77.9 Å². The Kier molecular flexibility index (Phi) is 5.30. The van der Waals surface area contributed by atoms with Crippen LogP contribution in [0.25, 0.3) is 29.0 Å². The molecular weight excluding hydrogens is 357 g/mol. The first-order valence-corrected chi connectivity index (χ1v) is 7.93. The summed E-state index contributed by atoms with van der Waals surface area (Å²) in [7, 11) is 0. The van der Waals surface area contributed by atoms with Gasteiger partial charge in [0.1, 0.15) is 11.5 Å². The summed E-state index contributed by atoms with van der Waals surface area (Å²) >= 11 is 0. The second-order valence-electron chi connectivity index (χ2n) is 5.36. The Morgan fingerprint density at radius 2 is 1.81 bits per heavy atom. The van der Waals surface area contributed by atoms with Gasteiger partial charge in [-0.2, -0.15) is 0 Å². The Bertz CT molecular complexity index is 981. The summed E-state index contributed by atoms with van der Waals surface area (Å²) in [6, 6.07) is 8.99. The SMILES string of the molecule is C=C/C=C\C=C\c1c[nH]c(-c2ccc(-c3ccccc3OC(F)(F)F)o2)n1. The molecule has 27 heavy (non-hydrogen) atoms. The number of benzene rings is 1. The molecule has 0 aliphatic heterocycles. The van der Waals surface area contributed by atoms with Gasteiger partial charge in [0, 0.05) is 6.20 Å². The Morgan fingerprint density at radius 3 is 2.59 bits per heavy atom. The maximum absolute atomic E-state index is 12.6. The van der Waals surface area contributed by atoms with E-state index >= 15 is 0 Å². The van der Waals surface area contributed by atoms with Crippen molar-refractivity contribution in [2.45, 2.75) is 6.36 Å². The highest BCUT2D eigenvalue weighted by Gasteiger charge is 2.32. The third-order valence-corrected chi connectivity index (χ3v) is 3.44. The molecule has 138 valence electrons. The van der Waals surface area contributed by atoms with Gasteiger partial charge in [0.25, 0.3) is 0 Å². The van der Waals surface area contributed by atoms with E-state index in [-0.39, 0.29) is 17.1 Å². The average molecular weight is 372 g/mol. The lowest BCUT2D eigenvalue weighted by molar-refractivity contribution is -0.274. The van der Waals surface area contributed by atoms with Crippen molar-refractivity contribution >= 4 is 6.08 Å². The fourth-order valence-corrected chi connectivity index (χ4v) is 2.34. The van der Waals surface area contributed by atoms with Crippen molar-refractivity contribution in [1.82, 2.24) is 9.97 Å². The number of rotatable bonds is 6. The molecule has 0 spiro atoms. The molecule has 3 aromatic rings. The van der Waals surface area contributed by atoms with Gasteiger partial charge in [0.15, 0.2) is 11.6 Å². The van der Waals surface area contributed by atoms with Crippen molar-refractivity contribution in [2.24, 2.45) is 0 Å². The number of nitrogens with one attached hydrogen (secondary N) is 1. The first-order chi connectivity index (χ1) is 13.0. The Balaban J connectivity index is 1.84. The van der Waals surface area contributed by atoms with Gasteiger partial charge in [-0.1, -0.05) is 43.0 Å². The molecule has 0 saturated carbocycles. The highest BCUT2D eigenvalue weighted by atomic mass is 19.4. The summed E-state index contributed by atoms with van der Waals surface area (Å²) in [6.07, 6.45) is 5.75. The van der Waals surface area contributed by atoms with Crippen LogP contribution in [-0.4, -0.2) is 16.3 Å². The number of hydrogen-bond acceptors (Lipinski definition) is 3. The van der Waals surface area contributed by atoms with Crippen LogP contribution in [0.1, 0.15) is 5.69 Å². The molecule has 1 N–H and O–H groups in total. The summed E-state index contributed by atoms with van der Waals surface area (Å²) in [6.45, 7) is 3.58. The van der Waals surface area contributed by atoms with Crippen molar-refractivity contribution in [3.8, 4) is 28.7 Å². The van der Waals surface area contributed by atoms with Crippen LogP contribution >= 0.6 is 0 Å². The second kappa shape index (κ2) is 7.82. The van der Waals surface area contributed by atoms with Crippen LogP contribution in [0.5, 0.6) is 5.75 Å². The van der Waals surface area contributed by atoms with E-state index in [4.69, 9.17) is 4.42 Å². The number of halogens is 3. The summed E-state index contributed by atoms with van der Waals surface area (Å²) in [5.41, 5.74) is 0.875. The maximum Gasteiger partial charge on any atom is 0.573 e. The number of aromatic amines is 1. The van der Waals surface area contributed by atoms with Crippen molar-refractivity contribution in [1.29, 1.82) is 0 Å². The van der Waals surface area contributed by atoms with E-state index in [0.717, 1.165) is 0 Å². The average Bonchev–Trinajstić information content (AvgIpc) is 3.27. The van der Waals surface area contributed by atoms with Gasteiger partial charge in [-0.05, 0) is 30.3 Å². The predicted molar refractivity (Wildman–Crippen MR) is 96.8 cm³/mol. The highest BCUT2D eigenvalue weighted by Crippen LogP contribution is 2.36. The number of hydrogen-bond donors (Lipinski definition) is 1. The Hall–Kier alpha value is -3.48. The van der Waals surface area contributed by atoms with Crippen molar-refractivity contribution < 1.29 is 22.3 Å². The molecule has 0 amide bonds. The molecule has 4 nitrogen and oxygen atoms in total. The van der Waals surface area contributed by atoms with Gasteiger partial charge in [-0.25, -0.2) is 4.98 Å². The standard InChI is InChI=1S/C20H15F3N2O2/c1-2-3-4-5-8-14-13-24-19(25-14)18-12-11-16(26-18)15-9-6-7-10-17(15)27-20(21,22)23/h2-13H,1H2,(H,24,25)/b4-3-,8-5+. The van der Waals surface area contributed by atoms with Crippen LogP contribution < -0.4 is 4.74 Å². The molecule has 0 atom stereocenters. The minimum absolute atomic E-state index is 0.197. The van der Waals surface area contributed by atoms with Gasteiger partial charge < -0.3 is 14.1 Å². The van der Waals surface area contributed by atoms with Crippen LogP contribution in [0.3, 0.4) is 0 Å². The number of ether oxygens (including phenoxy) is 1. The number of imidazole rings is 1. The molecule has 0 fully saturated rings. The molecule has 3 rings (SSSR count). The number of allylic oxidation sites excluding steroid dienone is 4. The van der Waals surface area contributed by atoms with Crippen molar-refractivity contribution in [2.75, 3.05) is 0 Å².